The number of nitrogens with one attached hydrogen (secondary N) is 1. The molecule has 1 saturated heterocycles. The fourth-order valence-electron chi connectivity index (χ4n) is 2.16. The number of hydrogen-bond donors (Lipinski definition) is 1. The van der Waals surface area contributed by atoms with Crippen LogP contribution in [0.3, 0.4) is 0 Å². The summed E-state index contributed by atoms with van der Waals surface area (Å²) < 4.78 is 5.58. The average Bonchev–Trinajstić information content (AvgIpc) is 2.93. The van der Waals surface area contributed by atoms with Gasteiger partial charge in [0.15, 0.2) is 0 Å². The first-order valence-corrected chi connectivity index (χ1v) is 7.70. The van der Waals surface area contributed by atoms with E-state index in [1.807, 2.05) is 13.0 Å². The molecule has 1 aliphatic heterocycles. The lowest BCUT2D eigenvalue weighted by molar-refractivity contribution is 0.0712. The lowest BCUT2D eigenvalue weighted by Crippen LogP contribution is -2.40. The van der Waals surface area contributed by atoms with Gasteiger partial charge in [0.1, 0.15) is 0 Å². The van der Waals surface area contributed by atoms with Crippen molar-refractivity contribution in [2.75, 3.05) is 12.4 Å². The fourth-order valence-corrected chi connectivity index (χ4v) is 2.80. The van der Waals surface area contributed by atoms with Crippen LogP contribution in [0.5, 0.6) is 0 Å². The molecule has 0 aromatic carbocycles. The molecule has 2 heterocycles. The van der Waals surface area contributed by atoms with Gasteiger partial charge in [-0.15, -0.1) is 11.8 Å². The zero-order valence-electron chi connectivity index (χ0n) is 11.4. The molecule has 1 fully saturated rings. The van der Waals surface area contributed by atoms with E-state index in [1.54, 1.807) is 24.0 Å². The molecule has 1 aliphatic rings. The summed E-state index contributed by atoms with van der Waals surface area (Å²) in [6, 6.07) is 3.63. The Hall–Kier alpha value is -1.07. The topological polar surface area (TPSA) is 51.2 Å². The normalized spacial score (nSPS) is 20.2. The van der Waals surface area contributed by atoms with Crippen molar-refractivity contribution in [1.29, 1.82) is 0 Å². The first-order chi connectivity index (χ1) is 9.20. The Morgan fingerprint density at radius 3 is 3.21 bits per heavy atom. The van der Waals surface area contributed by atoms with E-state index in [-0.39, 0.29) is 18.1 Å². The number of aromatic nitrogens is 1. The van der Waals surface area contributed by atoms with Crippen LogP contribution in [0.25, 0.3) is 0 Å². The van der Waals surface area contributed by atoms with Crippen LogP contribution in [0.2, 0.25) is 0 Å². The minimum Gasteiger partial charge on any atom is -0.376 e. The Labute approximate surface area is 118 Å². The molecule has 0 aliphatic carbocycles. The lowest BCUT2D eigenvalue weighted by Gasteiger charge is -2.20. The van der Waals surface area contributed by atoms with Gasteiger partial charge in [-0.1, -0.05) is 6.92 Å². The van der Waals surface area contributed by atoms with Crippen molar-refractivity contribution >= 4 is 17.7 Å². The highest BCUT2D eigenvalue weighted by Gasteiger charge is 2.24. The lowest BCUT2D eigenvalue weighted by atomic mass is 10.1. The van der Waals surface area contributed by atoms with Crippen LogP contribution < -0.4 is 5.32 Å². The van der Waals surface area contributed by atoms with Gasteiger partial charge in [-0.25, -0.2) is 4.98 Å². The van der Waals surface area contributed by atoms with E-state index in [9.17, 15) is 4.79 Å². The molecule has 1 N–H and O–H groups in total. The molecule has 0 unspecified atom stereocenters. The maximum Gasteiger partial charge on any atom is 0.251 e. The minimum atomic E-state index is -0.0525. The van der Waals surface area contributed by atoms with E-state index >= 15 is 0 Å². The average molecular weight is 280 g/mol. The van der Waals surface area contributed by atoms with E-state index in [1.165, 1.54) is 0 Å². The van der Waals surface area contributed by atoms with Gasteiger partial charge in [0.25, 0.3) is 5.91 Å². The van der Waals surface area contributed by atoms with Crippen LogP contribution in [-0.4, -0.2) is 35.4 Å². The van der Waals surface area contributed by atoms with Crippen LogP contribution in [0.4, 0.5) is 0 Å². The van der Waals surface area contributed by atoms with E-state index in [0.717, 1.165) is 30.2 Å². The first kappa shape index (κ1) is 14.3. The molecule has 4 nitrogen and oxygen atoms in total. The number of carbonyl (C=O) groups excluding carboxylic acids is 1. The van der Waals surface area contributed by atoms with Crippen LogP contribution in [-0.2, 0) is 4.74 Å². The molecule has 1 aromatic heterocycles. The summed E-state index contributed by atoms with van der Waals surface area (Å²) >= 11 is 1.64. The second kappa shape index (κ2) is 6.91. The van der Waals surface area contributed by atoms with Crippen LogP contribution in [0.1, 0.15) is 37.0 Å². The third-order valence-corrected chi connectivity index (χ3v) is 3.98. The van der Waals surface area contributed by atoms with E-state index in [4.69, 9.17) is 4.74 Å². The molecule has 19 heavy (non-hydrogen) atoms. The van der Waals surface area contributed by atoms with E-state index in [2.05, 4.69) is 17.2 Å². The van der Waals surface area contributed by atoms with E-state index < -0.39 is 0 Å². The number of nitrogens with zero attached hydrogens (tertiary/aromatic N) is 1. The minimum absolute atomic E-state index is 0.0467. The highest BCUT2D eigenvalue weighted by atomic mass is 32.2. The van der Waals surface area contributed by atoms with Gasteiger partial charge in [0, 0.05) is 18.4 Å². The highest BCUT2D eigenvalue weighted by Crippen LogP contribution is 2.17. The van der Waals surface area contributed by atoms with Crippen LogP contribution in [0.15, 0.2) is 23.4 Å². The number of hydrogen-bond acceptors (Lipinski definition) is 4. The number of thioether (sulfide) groups is 1. The smallest absolute Gasteiger partial charge is 0.251 e. The van der Waals surface area contributed by atoms with Crippen molar-refractivity contribution in [3.63, 3.8) is 0 Å². The van der Waals surface area contributed by atoms with Crippen LogP contribution in [0, 0.1) is 0 Å². The Balaban J connectivity index is 1.96. The Morgan fingerprint density at radius 2 is 2.53 bits per heavy atom. The number of ether oxygens (including phenoxy) is 1. The van der Waals surface area contributed by atoms with Gasteiger partial charge in [-0.05, 0) is 37.7 Å². The van der Waals surface area contributed by atoms with Crippen molar-refractivity contribution in [1.82, 2.24) is 10.3 Å². The summed E-state index contributed by atoms with van der Waals surface area (Å²) in [5.74, 6) is 0.896. The van der Waals surface area contributed by atoms with Gasteiger partial charge < -0.3 is 10.1 Å². The van der Waals surface area contributed by atoms with Gasteiger partial charge in [-0.3, -0.25) is 4.79 Å². The molecule has 2 rings (SSSR count). The van der Waals surface area contributed by atoms with Crippen molar-refractivity contribution in [2.24, 2.45) is 0 Å². The number of carbonyl (C=O) groups is 1. The molecular weight excluding hydrogens is 260 g/mol. The van der Waals surface area contributed by atoms with Crippen molar-refractivity contribution in [3.05, 3.63) is 23.9 Å². The maximum absolute atomic E-state index is 12.2. The molecule has 0 radical (unpaired) electrons. The SMILES string of the molecule is CCSc1cc(C(=O)N[C@@H](C)[C@H]2CCCO2)ccn1. The van der Waals surface area contributed by atoms with Gasteiger partial charge >= 0.3 is 0 Å². The predicted octanol–water partition coefficient (Wildman–Crippen LogP) is 2.49. The Bertz CT molecular complexity index is 433. The summed E-state index contributed by atoms with van der Waals surface area (Å²) in [4.78, 5) is 16.4. The third-order valence-electron chi connectivity index (χ3n) is 3.17. The highest BCUT2D eigenvalue weighted by molar-refractivity contribution is 7.99. The third kappa shape index (κ3) is 3.94. The fraction of sp³-hybridized carbons (Fsp3) is 0.571. The number of amides is 1. The zero-order valence-corrected chi connectivity index (χ0v) is 12.2. The second-order valence-corrected chi connectivity index (χ2v) is 5.91. The summed E-state index contributed by atoms with van der Waals surface area (Å²) in [5, 5.41) is 3.90. The molecule has 1 aromatic rings. The van der Waals surface area contributed by atoms with Gasteiger partial charge in [0.2, 0.25) is 0 Å². The van der Waals surface area contributed by atoms with E-state index in [0.29, 0.717) is 5.56 Å². The molecule has 5 heteroatoms. The van der Waals surface area contributed by atoms with Crippen molar-refractivity contribution < 1.29 is 9.53 Å². The van der Waals surface area contributed by atoms with Gasteiger partial charge in [0.05, 0.1) is 17.2 Å². The largest absolute Gasteiger partial charge is 0.376 e. The molecule has 2 atom stereocenters. The summed E-state index contributed by atoms with van der Waals surface area (Å²) in [6.45, 7) is 4.87. The number of pyridine rings is 1. The Kier molecular flexibility index (Phi) is 5.22. The van der Waals surface area contributed by atoms with Crippen LogP contribution >= 0.6 is 11.8 Å². The molecule has 104 valence electrons. The summed E-state index contributed by atoms with van der Waals surface area (Å²) in [6.07, 6.45) is 3.94. The standard InChI is InChI=1S/C14H20N2O2S/c1-3-19-13-9-11(6-7-15-13)14(17)16-10(2)12-5-4-8-18-12/h6-7,9-10,12H,3-5,8H2,1-2H3,(H,16,17)/t10-,12+/m0/s1. The summed E-state index contributed by atoms with van der Waals surface area (Å²) in [7, 11) is 0. The molecule has 0 bridgehead atoms. The van der Waals surface area contributed by atoms with Crippen molar-refractivity contribution in [3.8, 4) is 0 Å². The molecule has 1 amide bonds. The summed E-state index contributed by atoms with van der Waals surface area (Å²) in [5.41, 5.74) is 0.663. The number of rotatable bonds is 5. The molecular formula is C14H20N2O2S. The monoisotopic (exact) mass is 280 g/mol. The molecule has 0 saturated carbocycles. The maximum atomic E-state index is 12.2. The first-order valence-electron chi connectivity index (χ1n) is 6.72. The van der Waals surface area contributed by atoms with Gasteiger partial charge in [-0.2, -0.15) is 0 Å². The predicted molar refractivity (Wildman–Crippen MR) is 76.5 cm³/mol. The second-order valence-electron chi connectivity index (χ2n) is 4.63. The quantitative estimate of drug-likeness (QED) is 0.842. The molecule has 0 spiro atoms. The Morgan fingerprint density at radius 1 is 1.68 bits per heavy atom. The zero-order chi connectivity index (χ0) is 13.7. The van der Waals surface area contributed by atoms with Crippen molar-refractivity contribution in [2.45, 2.75) is 43.9 Å².